The molecule has 0 spiro atoms. The summed E-state index contributed by atoms with van der Waals surface area (Å²) >= 11 is 0.814. The van der Waals surface area contributed by atoms with Gasteiger partial charge in [-0.1, -0.05) is 23.9 Å². The minimum atomic E-state index is -1.47. The van der Waals surface area contributed by atoms with Gasteiger partial charge in [0.15, 0.2) is 0 Å². The van der Waals surface area contributed by atoms with Crippen LogP contribution in [0, 0.1) is 10.1 Å². The molecule has 1 N–H and O–H groups in total. The number of nitrogens with zero attached hydrogens (tertiary/aromatic N) is 2. The van der Waals surface area contributed by atoms with Crippen LogP contribution in [0.3, 0.4) is 0 Å². The standard InChI is InChI=1S/C11H8N2O6S/c14-8-5-20-11(17)12(8)4-6-2-1-3-7(13(18)19)9(6)10(15)16/h1-3H,4-5H2,(H,15,16). The van der Waals surface area contributed by atoms with E-state index in [4.69, 9.17) is 5.11 Å². The predicted molar refractivity (Wildman–Crippen MR) is 68.5 cm³/mol. The van der Waals surface area contributed by atoms with Crippen molar-refractivity contribution in [3.05, 3.63) is 39.4 Å². The topological polar surface area (TPSA) is 118 Å². The van der Waals surface area contributed by atoms with Crippen molar-refractivity contribution in [1.82, 2.24) is 4.90 Å². The smallest absolute Gasteiger partial charge is 0.343 e. The van der Waals surface area contributed by atoms with E-state index in [1.165, 1.54) is 12.1 Å². The van der Waals surface area contributed by atoms with Gasteiger partial charge in [0.25, 0.3) is 10.9 Å². The first kappa shape index (κ1) is 14.0. The van der Waals surface area contributed by atoms with E-state index >= 15 is 0 Å². The minimum absolute atomic E-state index is 0.00380. The van der Waals surface area contributed by atoms with Crippen LogP contribution in [-0.4, -0.2) is 37.8 Å². The third-order valence-corrected chi connectivity index (χ3v) is 3.57. The Balaban J connectivity index is 2.44. The molecule has 0 unspecified atom stereocenters. The summed E-state index contributed by atoms with van der Waals surface area (Å²) in [5.74, 6) is -1.92. The molecular weight excluding hydrogens is 288 g/mol. The van der Waals surface area contributed by atoms with E-state index in [1.54, 1.807) is 0 Å². The van der Waals surface area contributed by atoms with Crippen molar-refractivity contribution in [3.8, 4) is 0 Å². The summed E-state index contributed by atoms with van der Waals surface area (Å²) in [7, 11) is 0. The third-order valence-electron chi connectivity index (χ3n) is 2.71. The van der Waals surface area contributed by atoms with E-state index in [9.17, 15) is 24.5 Å². The van der Waals surface area contributed by atoms with E-state index in [-0.39, 0.29) is 17.9 Å². The molecule has 0 aliphatic carbocycles. The van der Waals surface area contributed by atoms with E-state index in [2.05, 4.69) is 0 Å². The number of nitro benzene ring substituents is 1. The highest BCUT2D eigenvalue weighted by Gasteiger charge is 2.32. The van der Waals surface area contributed by atoms with Crippen LogP contribution in [0.25, 0.3) is 0 Å². The molecule has 0 atom stereocenters. The van der Waals surface area contributed by atoms with Crippen molar-refractivity contribution in [3.63, 3.8) is 0 Å². The maximum absolute atomic E-state index is 11.5. The first-order valence-electron chi connectivity index (χ1n) is 5.38. The molecule has 0 radical (unpaired) electrons. The van der Waals surface area contributed by atoms with Gasteiger partial charge in [0.05, 0.1) is 17.2 Å². The van der Waals surface area contributed by atoms with Crippen LogP contribution >= 0.6 is 11.8 Å². The number of benzene rings is 1. The van der Waals surface area contributed by atoms with Crippen LogP contribution in [0.1, 0.15) is 15.9 Å². The molecule has 0 saturated carbocycles. The number of carboxylic acid groups (broad SMARTS) is 1. The SMILES string of the molecule is O=C(O)c1c(CN2C(=O)CSC2=O)cccc1[N+](=O)[O-]. The zero-order valence-electron chi connectivity index (χ0n) is 9.94. The highest BCUT2D eigenvalue weighted by atomic mass is 32.2. The molecule has 20 heavy (non-hydrogen) atoms. The van der Waals surface area contributed by atoms with Gasteiger partial charge in [-0.15, -0.1) is 0 Å². The number of carbonyl (C=O) groups is 3. The normalized spacial score (nSPS) is 14.7. The summed E-state index contributed by atoms with van der Waals surface area (Å²) in [5, 5.41) is 19.4. The average molecular weight is 296 g/mol. The maximum atomic E-state index is 11.5. The number of thioether (sulfide) groups is 1. The van der Waals surface area contributed by atoms with Crippen LogP contribution < -0.4 is 0 Å². The fraction of sp³-hybridized carbons (Fsp3) is 0.182. The molecule has 0 aromatic heterocycles. The Morgan fingerprint density at radius 1 is 1.45 bits per heavy atom. The Labute approximate surface area is 116 Å². The van der Waals surface area contributed by atoms with Gasteiger partial charge < -0.3 is 5.11 Å². The first-order chi connectivity index (χ1) is 9.41. The second-order valence-electron chi connectivity index (χ2n) is 3.91. The van der Waals surface area contributed by atoms with Gasteiger partial charge >= 0.3 is 5.97 Å². The Morgan fingerprint density at radius 2 is 2.15 bits per heavy atom. The van der Waals surface area contributed by atoms with Gasteiger partial charge in [0.2, 0.25) is 5.91 Å². The largest absolute Gasteiger partial charge is 0.477 e. The lowest BCUT2D eigenvalue weighted by Gasteiger charge is -2.14. The van der Waals surface area contributed by atoms with Crippen LogP contribution in [0.5, 0.6) is 0 Å². The average Bonchev–Trinajstić information content (AvgIpc) is 2.70. The number of amides is 2. The van der Waals surface area contributed by atoms with Gasteiger partial charge in [-0.2, -0.15) is 0 Å². The van der Waals surface area contributed by atoms with Gasteiger partial charge in [0, 0.05) is 6.07 Å². The Hall–Kier alpha value is -2.42. The van der Waals surface area contributed by atoms with Crippen molar-refractivity contribution in [2.24, 2.45) is 0 Å². The quantitative estimate of drug-likeness (QED) is 0.660. The summed E-state index contributed by atoms with van der Waals surface area (Å²) < 4.78 is 0. The van der Waals surface area contributed by atoms with Crippen LogP contribution in [0.15, 0.2) is 18.2 Å². The number of carboxylic acids is 1. The molecular formula is C11H8N2O6S. The number of nitro groups is 1. The molecule has 1 heterocycles. The maximum Gasteiger partial charge on any atom is 0.343 e. The summed E-state index contributed by atoms with van der Waals surface area (Å²) in [6.45, 7) is -0.284. The van der Waals surface area contributed by atoms with Gasteiger partial charge in [0.1, 0.15) is 5.56 Å². The summed E-state index contributed by atoms with van der Waals surface area (Å²) in [6.07, 6.45) is 0. The second kappa shape index (κ2) is 5.29. The molecule has 2 rings (SSSR count). The summed E-state index contributed by atoms with van der Waals surface area (Å²) in [4.78, 5) is 45.1. The third kappa shape index (κ3) is 2.48. The van der Waals surface area contributed by atoms with E-state index in [0.717, 1.165) is 22.7 Å². The lowest BCUT2D eigenvalue weighted by Crippen LogP contribution is -2.28. The zero-order valence-corrected chi connectivity index (χ0v) is 10.8. The molecule has 1 saturated heterocycles. The van der Waals surface area contributed by atoms with Crippen molar-refractivity contribution in [2.45, 2.75) is 6.54 Å². The monoisotopic (exact) mass is 296 g/mol. The highest BCUT2D eigenvalue weighted by Crippen LogP contribution is 2.27. The number of hydrogen-bond acceptors (Lipinski definition) is 6. The molecule has 1 aromatic carbocycles. The number of imide groups is 1. The van der Waals surface area contributed by atoms with Crippen LogP contribution in [0.4, 0.5) is 10.5 Å². The van der Waals surface area contributed by atoms with Gasteiger partial charge in [-0.25, -0.2) is 4.79 Å². The molecule has 9 heteroatoms. The summed E-state index contributed by atoms with van der Waals surface area (Å²) in [5.41, 5.74) is -1.02. The Kier molecular flexibility index (Phi) is 3.70. The Bertz CT molecular complexity index is 613. The second-order valence-corrected chi connectivity index (χ2v) is 4.83. The fourth-order valence-electron chi connectivity index (χ4n) is 1.82. The predicted octanol–water partition coefficient (Wildman–Crippen LogP) is 1.49. The molecule has 1 aliphatic rings. The van der Waals surface area contributed by atoms with Crippen molar-refractivity contribution >= 4 is 34.6 Å². The number of rotatable bonds is 4. The van der Waals surface area contributed by atoms with Crippen molar-refractivity contribution < 1.29 is 24.4 Å². The molecule has 1 fully saturated rings. The van der Waals surface area contributed by atoms with Gasteiger partial charge in [-0.05, 0) is 5.56 Å². The van der Waals surface area contributed by atoms with Crippen molar-refractivity contribution in [2.75, 3.05) is 5.75 Å². The van der Waals surface area contributed by atoms with E-state index < -0.39 is 33.3 Å². The van der Waals surface area contributed by atoms with E-state index in [0.29, 0.717) is 0 Å². The minimum Gasteiger partial charge on any atom is -0.477 e. The van der Waals surface area contributed by atoms with Crippen LogP contribution in [-0.2, 0) is 11.3 Å². The molecule has 1 aromatic rings. The summed E-state index contributed by atoms with van der Waals surface area (Å²) in [6, 6.07) is 3.73. The number of hydrogen-bond donors (Lipinski definition) is 1. The molecule has 8 nitrogen and oxygen atoms in total. The Morgan fingerprint density at radius 3 is 2.65 bits per heavy atom. The molecule has 0 bridgehead atoms. The first-order valence-corrected chi connectivity index (χ1v) is 6.37. The van der Waals surface area contributed by atoms with Crippen molar-refractivity contribution in [1.29, 1.82) is 0 Å². The molecule has 104 valence electrons. The lowest BCUT2D eigenvalue weighted by molar-refractivity contribution is -0.385. The number of carbonyl (C=O) groups excluding carboxylic acids is 2. The number of aromatic carboxylic acids is 1. The molecule has 1 aliphatic heterocycles. The highest BCUT2D eigenvalue weighted by molar-refractivity contribution is 8.14. The zero-order chi connectivity index (χ0) is 14.9. The molecule has 2 amide bonds. The van der Waals surface area contributed by atoms with E-state index in [1.807, 2.05) is 0 Å². The van der Waals surface area contributed by atoms with Crippen LogP contribution in [0.2, 0.25) is 0 Å². The lowest BCUT2D eigenvalue weighted by atomic mass is 10.0. The fourth-order valence-corrected chi connectivity index (χ4v) is 2.55. The van der Waals surface area contributed by atoms with Gasteiger partial charge in [-0.3, -0.25) is 24.6 Å².